The Morgan fingerprint density at radius 3 is 0.947 bits per heavy atom. The summed E-state index contributed by atoms with van der Waals surface area (Å²) in [6.07, 6.45) is 5.75. The van der Waals surface area contributed by atoms with E-state index in [0.29, 0.717) is 92.2 Å². The average Bonchev–Trinajstić information content (AvgIpc) is 3.88. The summed E-state index contributed by atoms with van der Waals surface area (Å²) >= 11 is 0. The molecule has 19 nitrogen and oxygen atoms in total. The van der Waals surface area contributed by atoms with Crippen LogP contribution < -0.4 is 0 Å². The Kier molecular flexibility index (Phi) is 16.5. The van der Waals surface area contributed by atoms with Gasteiger partial charge in [-0.1, -0.05) is 25.7 Å². The van der Waals surface area contributed by atoms with Gasteiger partial charge in [0.15, 0.2) is 5.78 Å². The first-order chi connectivity index (χ1) is 27.2. The smallest absolute Gasteiger partial charge is 0.330 e. The molecule has 0 aliphatic carbocycles. The zero-order valence-corrected chi connectivity index (χ0v) is 32.1. The van der Waals surface area contributed by atoms with E-state index in [1.54, 1.807) is 0 Å². The number of Topliss-reactive ketones (excluding diaryl/α,β-unsaturated/α-hetero) is 1. The first-order valence-electron chi connectivity index (χ1n) is 19.7. The number of hydrogen-bond acceptors (Lipinski definition) is 15. The molecule has 0 spiro atoms. The third kappa shape index (κ3) is 13.4. The minimum absolute atomic E-state index is 0.0345. The second-order valence-electron chi connectivity index (χ2n) is 14.9. The van der Waals surface area contributed by atoms with Crippen LogP contribution in [-0.2, 0) is 72.0 Å². The van der Waals surface area contributed by atoms with Crippen LogP contribution in [0.2, 0.25) is 0 Å². The standard InChI is InChI=1S/C38H50N4O15/c43-26(25-39-27(44)13-14-28(39)45)9-1-5-21-38(22-6-2-10-35(52)55-40-29(46)15-16-30(40)47,23-7-3-11-36(53)56-41-31(48)17-18-32(41)49)24-8-4-12-37(54)57-42-33(50)19-20-34(42)51/h1-25H2. The molecule has 0 aromatic heterocycles. The molecule has 0 aromatic rings. The number of unbranched alkanes of at least 4 members (excludes halogenated alkanes) is 4. The van der Waals surface area contributed by atoms with E-state index in [2.05, 4.69) is 0 Å². The molecule has 0 saturated carbocycles. The molecular weight excluding hydrogens is 752 g/mol. The Bertz CT molecular complexity index is 1340. The van der Waals surface area contributed by atoms with E-state index >= 15 is 0 Å². The van der Waals surface area contributed by atoms with Gasteiger partial charge < -0.3 is 14.5 Å². The summed E-state index contributed by atoms with van der Waals surface area (Å²) in [5.74, 6) is -6.74. The number of hydrogen-bond donors (Lipinski definition) is 0. The molecule has 4 heterocycles. The molecule has 312 valence electrons. The predicted molar refractivity (Wildman–Crippen MR) is 189 cm³/mol. The number of rotatable bonds is 25. The van der Waals surface area contributed by atoms with Crippen molar-refractivity contribution in [3.63, 3.8) is 0 Å². The molecule has 8 amide bonds. The van der Waals surface area contributed by atoms with Gasteiger partial charge in [0.05, 0.1) is 6.54 Å². The summed E-state index contributed by atoms with van der Waals surface area (Å²) in [6.45, 7) is -0.275. The fourth-order valence-electron chi connectivity index (χ4n) is 7.35. The summed E-state index contributed by atoms with van der Waals surface area (Å²) in [7, 11) is 0. The fourth-order valence-corrected chi connectivity index (χ4v) is 7.35. The molecule has 0 radical (unpaired) electrons. The van der Waals surface area contributed by atoms with Gasteiger partial charge >= 0.3 is 17.9 Å². The summed E-state index contributed by atoms with van der Waals surface area (Å²) in [6, 6.07) is 0. The number of hydroxylamine groups is 6. The van der Waals surface area contributed by atoms with Crippen molar-refractivity contribution >= 4 is 70.9 Å². The largest absolute Gasteiger partial charge is 0.333 e. The van der Waals surface area contributed by atoms with Crippen molar-refractivity contribution in [2.24, 2.45) is 5.41 Å². The summed E-state index contributed by atoms with van der Waals surface area (Å²) in [5, 5.41) is 1.47. The van der Waals surface area contributed by atoms with Gasteiger partial charge in [0.1, 0.15) is 0 Å². The highest BCUT2D eigenvalue weighted by molar-refractivity contribution is 6.05. The SMILES string of the molecule is O=C(CCCCC(CCCCC(=O)ON1C(=O)CCC1=O)(CCCCC(=O)ON1C(=O)CCC1=O)CCCCC(=O)ON1C(=O)CCC1=O)CN1C(=O)CCC1=O. The van der Waals surface area contributed by atoms with Crippen molar-refractivity contribution in [1.29, 1.82) is 0 Å². The summed E-state index contributed by atoms with van der Waals surface area (Å²) < 4.78 is 0. The van der Waals surface area contributed by atoms with Crippen LogP contribution in [-0.4, -0.2) is 97.6 Å². The van der Waals surface area contributed by atoms with Crippen molar-refractivity contribution in [3.05, 3.63) is 0 Å². The number of nitrogens with zero attached hydrogens (tertiary/aromatic N) is 4. The number of carbonyl (C=O) groups excluding carboxylic acids is 12. The maximum absolute atomic E-state index is 12.7. The van der Waals surface area contributed by atoms with Gasteiger partial charge in [0, 0.05) is 77.0 Å². The molecule has 4 saturated heterocycles. The van der Waals surface area contributed by atoms with E-state index in [1.165, 1.54) is 0 Å². The molecule has 0 atom stereocenters. The quantitative estimate of drug-likeness (QED) is 0.0951. The van der Waals surface area contributed by atoms with Gasteiger partial charge in [-0.2, -0.15) is 0 Å². The zero-order valence-electron chi connectivity index (χ0n) is 32.1. The third-order valence-corrected chi connectivity index (χ3v) is 10.5. The van der Waals surface area contributed by atoms with Gasteiger partial charge in [-0.15, -0.1) is 15.2 Å². The Labute approximate surface area is 328 Å². The van der Waals surface area contributed by atoms with E-state index in [0.717, 1.165) is 4.90 Å². The molecule has 4 fully saturated rings. The lowest BCUT2D eigenvalue weighted by molar-refractivity contribution is -0.197. The first kappa shape index (κ1) is 44.4. The number of amides is 8. The second-order valence-corrected chi connectivity index (χ2v) is 14.9. The van der Waals surface area contributed by atoms with Crippen LogP contribution in [0.15, 0.2) is 0 Å². The normalized spacial score (nSPS) is 17.5. The molecule has 4 rings (SSSR count). The second kappa shape index (κ2) is 21.2. The lowest BCUT2D eigenvalue weighted by atomic mass is 9.70. The van der Waals surface area contributed by atoms with Gasteiger partial charge in [-0.05, 0) is 56.8 Å². The molecule has 0 unspecified atom stereocenters. The Morgan fingerprint density at radius 1 is 0.386 bits per heavy atom. The van der Waals surface area contributed by atoms with E-state index < -0.39 is 58.8 Å². The highest BCUT2D eigenvalue weighted by Gasteiger charge is 2.36. The summed E-state index contributed by atoms with van der Waals surface area (Å²) in [4.78, 5) is 161. The van der Waals surface area contributed by atoms with Crippen molar-refractivity contribution in [2.45, 2.75) is 154 Å². The molecule has 19 heteroatoms. The van der Waals surface area contributed by atoms with Gasteiger partial charge in [-0.25, -0.2) is 14.4 Å². The number of likely N-dealkylation sites (tertiary alicyclic amines) is 1. The van der Waals surface area contributed by atoms with E-state index in [4.69, 9.17) is 14.5 Å². The fraction of sp³-hybridized carbons (Fsp3) is 0.684. The first-order valence-corrected chi connectivity index (χ1v) is 19.7. The number of ketones is 1. The third-order valence-electron chi connectivity index (χ3n) is 10.5. The van der Waals surface area contributed by atoms with E-state index in [1.807, 2.05) is 0 Å². The van der Waals surface area contributed by atoms with Crippen LogP contribution in [0.3, 0.4) is 0 Å². The van der Waals surface area contributed by atoms with Crippen molar-refractivity contribution < 1.29 is 72.0 Å². The summed E-state index contributed by atoms with van der Waals surface area (Å²) in [5.41, 5.74) is -0.440. The molecule has 0 N–H and O–H groups in total. The Morgan fingerprint density at radius 2 is 0.649 bits per heavy atom. The molecular formula is C38H50N4O15. The topological polar surface area (TPSA) is 245 Å². The number of imide groups is 4. The minimum atomic E-state index is -0.736. The number of carbonyl (C=O) groups is 12. The molecule has 4 aliphatic heterocycles. The molecule has 0 bridgehead atoms. The van der Waals surface area contributed by atoms with Gasteiger partial charge in [-0.3, -0.25) is 48.1 Å². The van der Waals surface area contributed by atoms with Crippen molar-refractivity contribution in [2.75, 3.05) is 6.54 Å². The maximum atomic E-state index is 12.7. The van der Waals surface area contributed by atoms with Crippen molar-refractivity contribution in [1.82, 2.24) is 20.1 Å². The lowest BCUT2D eigenvalue weighted by Crippen LogP contribution is -2.34. The monoisotopic (exact) mass is 802 g/mol. The highest BCUT2D eigenvalue weighted by Crippen LogP contribution is 2.42. The lowest BCUT2D eigenvalue weighted by Gasteiger charge is -2.35. The van der Waals surface area contributed by atoms with E-state index in [-0.39, 0.29) is 101 Å². The zero-order chi connectivity index (χ0) is 41.5. The van der Waals surface area contributed by atoms with Crippen LogP contribution in [0.4, 0.5) is 0 Å². The van der Waals surface area contributed by atoms with Crippen LogP contribution in [0.1, 0.15) is 154 Å². The predicted octanol–water partition coefficient (Wildman–Crippen LogP) is 2.75. The van der Waals surface area contributed by atoms with Crippen LogP contribution >= 0.6 is 0 Å². The Balaban J connectivity index is 1.37. The van der Waals surface area contributed by atoms with Gasteiger partial charge in [0.25, 0.3) is 35.4 Å². The van der Waals surface area contributed by atoms with Crippen LogP contribution in [0.25, 0.3) is 0 Å². The van der Waals surface area contributed by atoms with E-state index in [9.17, 15) is 57.5 Å². The van der Waals surface area contributed by atoms with Crippen molar-refractivity contribution in [3.8, 4) is 0 Å². The highest BCUT2D eigenvalue weighted by atomic mass is 16.7. The Hall–Kier alpha value is -5.36. The maximum Gasteiger partial charge on any atom is 0.333 e. The van der Waals surface area contributed by atoms with Crippen LogP contribution in [0, 0.1) is 5.41 Å². The minimum Gasteiger partial charge on any atom is -0.330 e. The van der Waals surface area contributed by atoms with Gasteiger partial charge in [0.2, 0.25) is 11.8 Å². The molecule has 4 aliphatic rings. The van der Waals surface area contributed by atoms with Crippen LogP contribution in [0.5, 0.6) is 0 Å². The molecule has 57 heavy (non-hydrogen) atoms. The molecule has 0 aromatic carbocycles. The average molecular weight is 803 g/mol.